The first-order valence-corrected chi connectivity index (χ1v) is 8.87. The lowest BCUT2D eigenvalue weighted by molar-refractivity contribution is -0.129. The van der Waals surface area contributed by atoms with Crippen molar-refractivity contribution < 1.29 is 13.2 Å². The second-order valence-electron chi connectivity index (χ2n) is 5.15. The van der Waals surface area contributed by atoms with Gasteiger partial charge in [-0.3, -0.25) is 4.79 Å². The average Bonchev–Trinajstić information content (AvgIpc) is 2.71. The third-order valence-corrected chi connectivity index (χ3v) is 4.12. The van der Waals surface area contributed by atoms with Crippen molar-refractivity contribution >= 4 is 21.6 Å². The van der Waals surface area contributed by atoms with Crippen LogP contribution in [0.2, 0.25) is 0 Å². The minimum Gasteiger partial charge on any atom is -0.370 e. The van der Waals surface area contributed by atoms with Crippen molar-refractivity contribution in [2.24, 2.45) is 0 Å². The highest BCUT2D eigenvalue weighted by Gasteiger charge is 2.19. The number of rotatable bonds is 4. The largest absolute Gasteiger partial charge is 0.370 e. The second kappa shape index (κ2) is 6.91. The molecule has 0 saturated carbocycles. The van der Waals surface area contributed by atoms with E-state index in [2.05, 4.69) is 21.8 Å². The fourth-order valence-electron chi connectivity index (χ4n) is 2.37. The third-order valence-electron chi connectivity index (χ3n) is 3.46. The molecule has 1 fully saturated rings. The lowest BCUT2D eigenvalue weighted by atomic mass is 10.3. The maximum absolute atomic E-state index is 12.0. The van der Waals surface area contributed by atoms with Crippen LogP contribution in [0.3, 0.4) is 0 Å². The molecular formula is C14H21N3O3S. The predicted octanol–water partition coefficient (Wildman–Crippen LogP) is 0.275. The summed E-state index contributed by atoms with van der Waals surface area (Å²) in [5.41, 5.74) is 1.15. The summed E-state index contributed by atoms with van der Waals surface area (Å²) in [5.74, 6) is -0.171. The van der Waals surface area contributed by atoms with Gasteiger partial charge in [-0.25, -0.2) is 13.1 Å². The van der Waals surface area contributed by atoms with Gasteiger partial charge in [-0.2, -0.15) is 0 Å². The molecule has 1 aromatic rings. The highest BCUT2D eigenvalue weighted by Crippen LogP contribution is 2.15. The van der Waals surface area contributed by atoms with E-state index < -0.39 is 10.0 Å². The van der Waals surface area contributed by atoms with Gasteiger partial charge in [0.05, 0.1) is 12.8 Å². The van der Waals surface area contributed by atoms with Gasteiger partial charge in [-0.1, -0.05) is 18.2 Å². The molecule has 1 aromatic carbocycles. The van der Waals surface area contributed by atoms with E-state index in [-0.39, 0.29) is 12.5 Å². The Bertz CT molecular complexity index is 574. The van der Waals surface area contributed by atoms with E-state index in [0.717, 1.165) is 31.5 Å². The van der Waals surface area contributed by atoms with Gasteiger partial charge in [0.25, 0.3) is 0 Å². The summed E-state index contributed by atoms with van der Waals surface area (Å²) in [6.45, 7) is 2.76. The first-order valence-electron chi connectivity index (χ1n) is 6.98. The molecule has 6 nitrogen and oxygen atoms in total. The van der Waals surface area contributed by atoms with E-state index >= 15 is 0 Å². The zero-order chi connectivity index (χ0) is 15.3. The van der Waals surface area contributed by atoms with E-state index in [1.54, 1.807) is 4.90 Å². The van der Waals surface area contributed by atoms with Crippen LogP contribution < -0.4 is 9.62 Å². The highest BCUT2D eigenvalue weighted by molar-refractivity contribution is 7.88. The second-order valence-corrected chi connectivity index (χ2v) is 6.98. The molecule has 0 unspecified atom stereocenters. The Morgan fingerprint density at radius 2 is 1.86 bits per heavy atom. The van der Waals surface area contributed by atoms with Crippen LogP contribution in [0.5, 0.6) is 0 Å². The molecule has 0 aromatic heterocycles. The molecule has 1 aliphatic rings. The van der Waals surface area contributed by atoms with Crippen molar-refractivity contribution in [1.82, 2.24) is 9.62 Å². The van der Waals surface area contributed by atoms with Crippen LogP contribution in [-0.2, 0) is 14.8 Å². The lowest BCUT2D eigenvalue weighted by Crippen LogP contribution is -2.41. The quantitative estimate of drug-likeness (QED) is 0.867. The topological polar surface area (TPSA) is 69.7 Å². The SMILES string of the molecule is CS(=O)(=O)NCC(=O)N1CCCN(c2ccccc2)CC1. The summed E-state index contributed by atoms with van der Waals surface area (Å²) in [4.78, 5) is 16.0. The normalized spacial score (nSPS) is 16.6. The Morgan fingerprint density at radius 1 is 1.14 bits per heavy atom. The number of carbonyl (C=O) groups is 1. The molecule has 0 aliphatic carbocycles. The Kier molecular flexibility index (Phi) is 5.19. The molecule has 2 rings (SSSR count). The van der Waals surface area contributed by atoms with E-state index in [9.17, 15) is 13.2 Å². The van der Waals surface area contributed by atoms with Crippen molar-refractivity contribution in [3.8, 4) is 0 Å². The van der Waals surface area contributed by atoms with Gasteiger partial charge in [0, 0.05) is 31.9 Å². The summed E-state index contributed by atoms with van der Waals surface area (Å²) in [5, 5.41) is 0. The fourth-order valence-corrected chi connectivity index (χ4v) is 2.75. The van der Waals surface area contributed by atoms with Gasteiger partial charge < -0.3 is 9.80 Å². The van der Waals surface area contributed by atoms with Crippen molar-refractivity contribution in [3.05, 3.63) is 30.3 Å². The number of sulfonamides is 1. The number of hydrogen-bond acceptors (Lipinski definition) is 4. The van der Waals surface area contributed by atoms with E-state index in [0.29, 0.717) is 13.1 Å². The number of para-hydroxylation sites is 1. The molecule has 21 heavy (non-hydrogen) atoms. The highest BCUT2D eigenvalue weighted by atomic mass is 32.2. The van der Waals surface area contributed by atoms with Gasteiger partial charge in [-0.05, 0) is 18.6 Å². The smallest absolute Gasteiger partial charge is 0.237 e. The summed E-state index contributed by atoms with van der Waals surface area (Å²) in [7, 11) is -3.33. The van der Waals surface area contributed by atoms with Crippen molar-refractivity contribution in [3.63, 3.8) is 0 Å². The van der Waals surface area contributed by atoms with Crippen molar-refractivity contribution in [1.29, 1.82) is 0 Å². The molecule has 0 spiro atoms. The summed E-state index contributed by atoms with van der Waals surface area (Å²) < 4.78 is 24.3. The Morgan fingerprint density at radius 3 is 2.52 bits per heavy atom. The first-order chi connectivity index (χ1) is 9.96. The molecular weight excluding hydrogens is 290 g/mol. The molecule has 1 saturated heterocycles. The van der Waals surface area contributed by atoms with Gasteiger partial charge >= 0.3 is 0 Å². The number of amides is 1. The zero-order valence-corrected chi connectivity index (χ0v) is 13.0. The molecule has 7 heteroatoms. The van der Waals surface area contributed by atoms with E-state index in [1.807, 2.05) is 18.2 Å². The molecule has 1 amide bonds. The number of nitrogens with zero attached hydrogens (tertiary/aromatic N) is 2. The number of nitrogens with one attached hydrogen (secondary N) is 1. The number of hydrogen-bond donors (Lipinski definition) is 1. The first kappa shape index (κ1) is 15.8. The van der Waals surface area contributed by atoms with Crippen LogP contribution >= 0.6 is 0 Å². The maximum Gasteiger partial charge on any atom is 0.237 e. The minimum absolute atomic E-state index is 0.163. The Balaban J connectivity index is 1.90. The summed E-state index contributed by atoms with van der Waals surface area (Å²) in [6.07, 6.45) is 1.93. The van der Waals surface area contributed by atoms with Crippen LogP contribution in [-0.4, -0.2) is 58.2 Å². The fraction of sp³-hybridized carbons (Fsp3) is 0.500. The predicted molar refractivity (Wildman–Crippen MR) is 82.7 cm³/mol. The molecule has 1 aliphatic heterocycles. The third kappa shape index (κ3) is 5.02. The zero-order valence-electron chi connectivity index (χ0n) is 12.2. The molecule has 1 N–H and O–H groups in total. The molecule has 1 heterocycles. The van der Waals surface area contributed by atoms with Crippen LogP contribution in [0.1, 0.15) is 6.42 Å². The Hall–Kier alpha value is -1.60. The van der Waals surface area contributed by atoms with Gasteiger partial charge in [0.15, 0.2) is 0 Å². The lowest BCUT2D eigenvalue weighted by Gasteiger charge is -2.23. The Labute approximate surface area is 125 Å². The molecule has 0 atom stereocenters. The van der Waals surface area contributed by atoms with Crippen LogP contribution in [0.15, 0.2) is 30.3 Å². The van der Waals surface area contributed by atoms with Gasteiger partial charge in [0.1, 0.15) is 0 Å². The van der Waals surface area contributed by atoms with Crippen molar-refractivity contribution in [2.45, 2.75) is 6.42 Å². The van der Waals surface area contributed by atoms with Crippen LogP contribution in [0.4, 0.5) is 5.69 Å². The summed E-state index contributed by atoms with van der Waals surface area (Å²) >= 11 is 0. The maximum atomic E-state index is 12.0. The number of benzene rings is 1. The van der Waals surface area contributed by atoms with Gasteiger partial charge in [-0.15, -0.1) is 0 Å². The molecule has 0 radical (unpaired) electrons. The minimum atomic E-state index is -3.33. The number of carbonyl (C=O) groups excluding carboxylic acids is 1. The molecule has 116 valence electrons. The molecule has 0 bridgehead atoms. The number of anilines is 1. The average molecular weight is 311 g/mol. The van der Waals surface area contributed by atoms with Crippen LogP contribution in [0, 0.1) is 0 Å². The summed E-state index contributed by atoms with van der Waals surface area (Å²) in [6, 6.07) is 10.1. The standard InChI is InChI=1S/C14H21N3O3S/c1-21(19,20)15-12-14(18)17-9-5-8-16(10-11-17)13-6-3-2-4-7-13/h2-4,6-7,15H,5,8-12H2,1H3. The van der Waals surface area contributed by atoms with Crippen LogP contribution in [0.25, 0.3) is 0 Å². The van der Waals surface area contributed by atoms with Crippen molar-refractivity contribution in [2.75, 3.05) is 43.9 Å². The van der Waals surface area contributed by atoms with E-state index in [4.69, 9.17) is 0 Å². The van der Waals surface area contributed by atoms with E-state index in [1.165, 1.54) is 0 Å². The monoisotopic (exact) mass is 311 g/mol. The van der Waals surface area contributed by atoms with Gasteiger partial charge in [0.2, 0.25) is 15.9 Å².